The van der Waals surface area contributed by atoms with Crippen molar-refractivity contribution in [1.82, 2.24) is 0 Å². The standard InChI is InChI=1S/C6H8O2.Na.H/c7-6(8)4-3-5-1-2-5;;/h3-5H,1-2H2,(H,7,8);;/q;+1;-1. The average Bonchev–Trinajstić information content (AvgIpc) is 2.41. The average molecular weight is 136 g/mol. The van der Waals surface area contributed by atoms with Gasteiger partial charge in [-0.15, -0.1) is 0 Å². The fourth-order valence-corrected chi connectivity index (χ4v) is 0.507. The van der Waals surface area contributed by atoms with Gasteiger partial charge in [0, 0.05) is 6.08 Å². The topological polar surface area (TPSA) is 37.3 Å². The van der Waals surface area contributed by atoms with E-state index < -0.39 is 5.97 Å². The van der Waals surface area contributed by atoms with Gasteiger partial charge in [-0.3, -0.25) is 0 Å². The first-order valence-electron chi connectivity index (χ1n) is 2.70. The Kier molecular flexibility index (Phi) is 4.19. The Hall–Kier alpha value is 0.210. The van der Waals surface area contributed by atoms with Crippen LogP contribution in [0.3, 0.4) is 0 Å². The van der Waals surface area contributed by atoms with Crippen molar-refractivity contribution in [3.63, 3.8) is 0 Å². The van der Waals surface area contributed by atoms with Crippen LogP contribution in [0.4, 0.5) is 0 Å². The second kappa shape index (κ2) is 4.09. The third kappa shape index (κ3) is 4.70. The second-order valence-corrected chi connectivity index (χ2v) is 2.03. The smallest absolute Gasteiger partial charge is 1.00 e. The van der Waals surface area contributed by atoms with Gasteiger partial charge >= 0.3 is 35.5 Å². The Balaban J connectivity index is 0. The van der Waals surface area contributed by atoms with Crippen LogP contribution in [-0.2, 0) is 4.79 Å². The first-order chi connectivity index (χ1) is 3.79. The summed E-state index contributed by atoms with van der Waals surface area (Å²) >= 11 is 0. The first-order valence-corrected chi connectivity index (χ1v) is 2.70. The Bertz CT molecular complexity index is 132. The minimum absolute atomic E-state index is 0. The molecule has 0 heterocycles. The molecule has 0 atom stereocenters. The van der Waals surface area contributed by atoms with Gasteiger partial charge in [0.1, 0.15) is 0 Å². The van der Waals surface area contributed by atoms with E-state index in [1.165, 1.54) is 18.9 Å². The molecule has 0 radical (unpaired) electrons. The molecule has 0 aromatic rings. The predicted octanol–water partition coefficient (Wildman–Crippen LogP) is -1.85. The van der Waals surface area contributed by atoms with Gasteiger partial charge in [0.25, 0.3) is 0 Å². The maximum absolute atomic E-state index is 9.84. The summed E-state index contributed by atoms with van der Waals surface area (Å²) < 4.78 is 0. The maximum atomic E-state index is 9.84. The predicted molar refractivity (Wildman–Crippen MR) is 30.6 cm³/mol. The van der Waals surface area contributed by atoms with Gasteiger partial charge in [0.05, 0.1) is 0 Å². The molecule has 1 aliphatic rings. The molecular weight excluding hydrogens is 127 g/mol. The molecule has 3 heteroatoms. The Morgan fingerprint density at radius 1 is 1.67 bits per heavy atom. The number of carboxylic acids is 1. The molecule has 1 N–H and O–H groups in total. The van der Waals surface area contributed by atoms with E-state index in [2.05, 4.69) is 0 Å². The van der Waals surface area contributed by atoms with Crippen LogP contribution < -0.4 is 29.6 Å². The van der Waals surface area contributed by atoms with Gasteiger partial charge < -0.3 is 6.53 Å². The van der Waals surface area contributed by atoms with Crippen molar-refractivity contribution in [2.24, 2.45) is 5.92 Å². The molecule has 2 nitrogen and oxygen atoms in total. The monoisotopic (exact) mass is 136 g/mol. The number of carbonyl (C=O) groups is 1. The normalized spacial score (nSPS) is 17.3. The number of hydrogen-bond acceptors (Lipinski definition) is 1. The van der Waals surface area contributed by atoms with Gasteiger partial charge in [0.15, 0.2) is 0 Å². The molecule has 0 bridgehead atoms. The second-order valence-electron chi connectivity index (χ2n) is 2.03. The molecule has 0 unspecified atom stereocenters. The Morgan fingerprint density at radius 2 is 2.22 bits per heavy atom. The summed E-state index contributed by atoms with van der Waals surface area (Å²) in [6.45, 7) is 0. The quantitative estimate of drug-likeness (QED) is 0.357. The van der Waals surface area contributed by atoms with E-state index in [-0.39, 0.29) is 31.0 Å². The third-order valence-electron chi connectivity index (χ3n) is 1.13. The number of allylic oxidation sites excluding steroid dienone is 1. The summed E-state index contributed by atoms with van der Waals surface area (Å²) in [6, 6.07) is 0. The molecule has 1 fully saturated rings. The molecule has 0 saturated heterocycles. The van der Waals surface area contributed by atoms with Crippen LogP contribution in [0.2, 0.25) is 0 Å². The largest absolute Gasteiger partial charge is 1.00 e. The SMILES string of the molecule is O=C(O)C=CC1CC1.[H-].[Na+]. The van der Waals surface area contributed by atoms with Crippen LogP contribution in [-0.4, -0.2) is 11.1 Å². The van der Waals surface area contributed by atoms with E-state index >= 15 is 0 Å². The van der Waals surface area contributed by atoms with Crippen molar-refractivity contribution < 1.29 is 40.9 Å². The Labute approximate surface area is 77.7 Å². The summed E-state index contributed by atoms with van der Waals surface area (Å²) in [5.74, 6) is -0.261. The number of carboxylic acid groups (broad SMARTS) is 1. The number of hydrogen-bond donors (Lipinski definition) is 1. The van der Waals surface area contributed by atoms with Crippen molar-refractivity contribution in [2.45, 2.75) is 12.8 Å². The van der Waals surface area contributed by atoms with Gasteiger partial charge in [-0.25, -0.2) is 4.79 Å². The van der Waals surface area contributed by atoms with Crippen LogP contribution in [0.1, 0.15) is 14.3 Å². The molecule has 0 aromatic heterocycles. The van der Waals surface area contributed by atoms with Crippen LogP contribution in [0.15, 0.2) is 12.2 Å². The van der Waals surface area contributed by atoms with E-state index in [1.807, 2.05) is 0 Å². The summed E-state index contributed by atoms with van der Waals surface area (Å²) in [4.78, 5) is 9.84. The summed E-state index contributed by atoms with van der Waals surface area (Å²) in [5, 5.41) is 8.10. The summed E-state index contributed by atoms with van der Waals surface area (Å²) in [7, 11) is 0. The third-order valence-corrected chi connectivity index (χ3v) is 1.13. The van der Waals surface area contributed by atoms with Crippen LogP contribution in [0.5, 0.6) is 0 Å². The van der Waals surface area contributed by atoms with Gasteiger partial charge in [-0.2, -0.15) is 0 Å². The molecule has 1 rings (SSSR count). The molecule has 0 spiro atoms. The molecule has 1 aliphatic carbocycles. The first kappa shape index (κ1) is 9.21. The van der Waals surface area contributed by atoms with Crippen molar-refractivity contribution >= 4 is 5.97 Å². The van der Waals surface area contributed by atoms with E-state index in [4.69, 9.17) is 5.11 Å². The fraction of sp³-hybridized carbons (Fsp3) is 0.500. The Morgan fingerprint density at radius 3 is 2.56 bits per heavy atom. The van der Waals surface area contributed by atoms with Crippen LogP contribution in [0.25, 0.3) is 0 Å². The zero-order valence-electron chi connectivity index (χ0n) is 6.50. The molecule has 0 amide bonds. The van der Waals surface area contributed by atoms with Gasteiger partial charge in [-0.05, 0) is 18.8 Å². The number of aliphatic carboxylic acids is 1. The molecule has 0 aliphatic heterocycles. The maximum Gasteiger partial charge on any atom is 1.00 e. The molecule has 46 valence electrons. The van der Waals surface area contributed by atoms with E-state index in [1.54, 1.807) is 6.08 Å². The molecule has 9 heavy (non-hydrogen) atoms. The van der Waals surface area contributed by atoms with Crippen molar-refractivity contribution in [3.05, 3.63) is 12.2 Å². The molecular formula is C6H9NaO2. The van der Waals surface area contributed by atoms with Crippen LogP contribution in [0, 0.1) is 5.92 Å². The van der Waals surface area contributed by atoms with Gasteiger partial charge in [0.2, 0.25) is 0 Å². The van der Waals surface area contributed by atoms with Crippen molar-refractivity contribution in [3.8, 4) is 0 Å². The van der Waals surface area contributed by atoms with E-state index in [0.29, 0.717) is 5.92 Å². The zero-order chi connectivity index (χ0) is 5.98. The van der Waals surface area contributed by atoms with E-state index in [0.717, 1.165) is 0 Å². The van der Waals surface area contributed by atoms with Crippen LogP contribution >= 0.6 is 0 Å². The van der Waals surface area contributed by atoms with Gasteiger partial charge in [-0.1, -0.05) is 6.08 Å². The minimum Gasteiger partial charge on any atom is -1.00 e. The van der Waals surface area contributed by atoms with Crippen molar-refractivity contribution in [2.75, 3.05) is 0 Å². The van der Waals surface area contributed by atoms with E-state index in [9.17, 15) is 4.79 Å². The molecule has 1 saturated carbocycles. The van der Waals surface area contributed by atoms with Crippen molar-refractivity contribution in [1.29, 1.82) is 0 Å². The molecule has 0 aromatic carbocycles. The zero-order valence-corrected chi connectivity index (χ0v) is 7.50. The minimum atomic E-state index is -0.836. The number of rotatable bonds is 2. The summed E-state index contributed by atoms with van der Waals surface area (Å²) in [6.07, 6.45) is 5.31. The fourth-order valence-electron chi connectivity index (χ4n) is 0.507. The summed E-state index contributed by atoms with van der Waals surface area (Å²) in [5.41, 5.74) is 0.